The van der Waals surface area contributed by atoms with Gasteiger partial charge in [0.1, 0.15) is 0 Å². The van der Waals surface area contributed by atoms with Gasteiger partial charge in [0.2, 0.25) is 0 Å². The molecule has 178 valence electrons. The van der Waals surface area contributed by atoms with Crippen LogP contribution in [0.3, 0.4) is 0 Å². The monoisotopic (exact) mass is 464 g/mol. The molecular weight excluding hydrogens is 437 g/mol. The van der Waals surface area contributed by atoms with E-state index >= 15 is 0 Å². The number of rotatable bonds is 8. The maximum Gasteiger partial charge on any atom is 0.391 e. The van der Waals surface area contributed by atoms with Crippen molar-refractivity contribution in [2.24, 2.45) is 5.73 Å². The Morgan fingerprint density at radius 3 is 2.76 bits per heavy atom. The number of benzene rings is 1. The topological polar surface area (TPSA) is 97.8 Å². The Morgan fingerprint density at radius 1 is 1.36 bits per heavy atom. The van der Waals surface area contributed by atoms with Gasteiger partial charge < -0.3 is 25.1 Å². The summed E-state index contributed by atoms with van der Waals surface area (Å²) in [7, 11) is 1.52. The minimum absolute atomic E-state index is 0.299. The van der Waals surface area contributed by atoms with Crippen LogP contribution in [0.5, 0.6) is 5.88 Å². The summed E-state index contributed by atoms with van der Waals surface area (Å²) >= 11 is 0. The Morgan fingerprint density at radius 2 is 2.12 bits per heavy atom. The second kappa shape index (κ2) is 10.1. The third-order valence-corrected chi connectivity index (χ3v) is 5.36. The molecule has 0 saturated carbocycles. The number of alkyl halides is 3. The van der Waals surface area contributed by atoms with Crippen LogP contribution < -0.4 is 15.8 Å². The number of amides is 2. The van der Waals surface area contributed by atoms with E-state index in [9.17, 15) is 18.0 Å². The Kier molecular flexibility index (Phi) is 7.42. The van der Waals surface area contributed by atoms with Crippen LogP contribution in [0, 0.1) is 0 Å². The number of aromatic nitrogens is 3. The predicted molar refractivity (Wildman–Crippen MR) is 118 cm³/mol. The molecule has 0 radical (unpaired) electrons. The minimum atomic E-state index is -4.42. The van der Waals surface area contributed by atoms with Gasteiger partial charge in [-0.15, -0.1) is 0 Å². The molecule has 11 heteroatoms. The van der Waals surface area contributed by atoms with Crippen molar-refractivity contribution in [2.75, 3.05) is 20.2 Å². The summed E-state index contributed by atoms with van der Waals surface area (Å²) < 4.78 is 45.4. The number of nitrogens with zero attached hydrogens (tertiary/aromatic N) is 4. The molecule has 2 atom stereocenters. The molecule has 0 spiro atoms. The smallest absolute Gasteiger partial charge is 0.391 e. The van der Waals surface area contributed by atoms with E-state index < -0.39 is 30.7 Å². The maximum atomic E-state index is 12.8. The number of nitrogens with one attached hydrogen (secondary N) is 1. The number of hydrogen-bond donors (Lipinski definition) is 2. The van der Waals surface area contributed by atoms with Crippen molar-refractivity contribution >= 4 is 11.7 Å². The van der Waals surface area contributed by atoms with E-state index in [4.69, 9.17) is 10.5 Å². The van der Waals surface area contributed by atoms with Crippen LogP contribution in [-0.2, 0) is 0 Å². The lowest BCUT2D eigenvalue weighted by molar-refractivity contribution is -0.138. The Labute approximate surface area is 189 Å². The van der Waals surface area contributed by atoms with E-state index in [1.165, 1.54) is 12.0 Å². The van der Waals surface area contributed by atoms with Gasteiger partial charge in [-0.25, -0.2) is 14.8 Å². The van der Waals surface area contributed by atoms with Crippen LogP contribution in [0.2, 0.25) is 0 Å². The average Bonchev–Trinajstić information content (AvgIpc) is 3.26. The van der Waals surface area contributed by atoms with Crippen molar-refractivity contribution in [1.82, 2.24) is 24.6 Å². The summed E-state index contributed by atoms with van der Waals surface area (Å²) in [6.45, 7) is 3.57. The van der Waals surface area contributed by atoms with Gasteiger partial charge in [-0.2, -0.15) is 13.2 Å². The molecule has 8 nitrogen and oxygen atoms in total. The number of methoxy groups -OCH3 is 1. The van der Waals surface area contributed by atoms with Gasteiger partial charge in [0, 0.05) is 37.2 Å². The molecule has 1 unspecified atom stereocenters. The predicted octanol–water partition coefficient (Wildman–Crippen LogP) is 3.78. The SMILES string of the molecule is CCN(C(=O)NC(CN)CC(F)(F)F)[C@H](C)c1cccc(-c2cn3ccnc3c(OC)n2)c1. The minimum Gasteiger partial charge on any atom is -0.478 e. The van der Waals surface area contributed by atoms with Crippen LogP contribution in [0.15, 0.2) is 42.9 Å². The maximum absolute atomic E-state index is 12.8. The van der Waals surface area contributed by atoms with E-state index in [2.05, 4.69) is 15.3 Å². The van der Waals surface area contributed by atoms with Gasteiger partial charge in [0.15, 0.2) is 5.65 Å². The zero-order valence-electron chi connectivity index (χ0n) is 18.6. The van der Waals surface area contributed by atoms with Crippen molar-refractivity contribution in [3.8, 4) is 17.1 Å². The molecule has 3 N–H and O–H groups in total. The van der Waals surface area contributed by atoms with E-state index in [1.807, 2.05) is 37.4 Å². The van der Waals surface area contributed by atoms with Crippen molar-refractivity contribution in [3.63, 3.8) is 0 Å². The molecule has 0 saturated heterocycles. The van der Waals surface area contributed by atoms with Crippen molar-refractivity contribution in [3.05, 3.63) is 48.4 Å². The largest absolute Gasteiger partial charge is 0.478 e. The van der Waals surface area contributed by atoms with Gasteiger partial charge in [-0.3, -0.25) is 0 Å². The second-order valence-electron chi connectivity index (χ2n) is 7.58. The zero-order chi connectivity index (χ0) is 24.2. The fourth-order valence-electron chi connectivity index (χ4n) is 3.64. The summed E-state index contributed by atoms with van der Waals surface area (Å²) in [6, 6.07) is 5.27. The number of carbonyl (C=O) groups excluding carboxylic acids is 1. The fraction of sp³-hybridized carbons (Fsp3) is 0.409. The van der Waals surface area contributed by atoms with E-state index in [0.29, 0.717) is 23.8 Å². The number of fused-ring (bicyclic) bond motifs is 1. The zero-order valence-corrected chi connectivity index (χ0v) is 18.6. The molecular formula is C22H27F3N6O2. The number of nitrogens with two attached hydrogens (primary N) is 1. The number of hydrogen-bond acceptors (Lipinski definition) is 5. The van der Waals surface area contributed by atoms with Crippen LogP contribution in [0.25, 0.3) is 16.9 Å². The highest BCUT2D eigenvalue weighted by Crippen LogP contribution is 2.28. The Balaban J connectivity index is 1.84. The van der Waals surface area contributed by atoms with Gasteiger partial charge >= 0.3 is 12.2 Å². The third-order valence-electron chi connectivity index (χ3n) is 5.36. The molecule has 2 heterocycles. The average molecular weight is 464 g/mol. The van der Waals surface area contributed by atoms with Crippen molar-refractivity contribution in [1.29, 1.82) is 0 Å². The first kappa shape index (κ1) is 24.3. The normalized spacial score (nSPS) is 13.5. The molecule has 0 aliphatic rings. The molecule has 3 rings (SSSR count). The van der Waals surface area contributed by atoms with Crippen molar-refractivity contribution < 1.29 is 22.7 Å². The quantitative estimate of drug-likeness (QED) is 0.529. The first-order valence-corrected chi connectivity index (χ1v) is 10.5. The van der Waals surface area contributed by atoms with E-state index in [1.54, 1.807) is 23.7 Å². The van der Waals surface area contributed by atoms with Crippen LogP contribution >= 0.6 is 0 Å². The molecule has 2 amide bonds. The Bertz CT molecular complexity index is 1100. The molecule has 33 heavy (non-hydrogen) atoms. The number of halogens is 3. The van der Waals surface area contributed by atoms with Crippen LogP contribution in [-0.4, -0.2) is 57.7 Å². The van der Waals surface area contributed by atoms with Gasteiger partial charge in [-0.1, -0.05) is 18.2 Å². The lowest BCUT2D eigenvalue weighted by atomic mass is 10.0. The van der Waals surface area contributed by atoms with Crippen LogP contribution in [0.1, 0.15) is 31.9 Å². The van der Waals surface area contributed by atoms with E-state index in [-0.39, 0.29) is 6.54 Å². The molecule has 0 bridgehead atoms. The first-order valence-electron chi connectivity index (χ1n) is 10.5. The number of ether oxygens (including phenoxy) is 1. The molecule has 0 fully saturated rings. The fourth-order valence-corrected chi connectivity index (χ4v) is 3.64. The highest BCUT2D eigenvalue weighted by Gasteiger charge is 2.33. The van der Waals surface area contributed by atoms with Crippen molar-refractivity contribution in [2.45, 2.75) is 38.5 Å². The summed E-state index contributed by atoms with van der Waals surface area (Å²) in [5.41, 5.74) is 8.27. The van der Waals surface area contributed by atoms with Gasteiger partial charge in [-0.05, 0) is 25.5 Å². The molecule has 3 aromatic rings. The van der Waals surface area contributed by atoms with E-state index in [0.717, 1.165) is 11.1 Å². The molecule has 2 aromatic heterocycles. The summed E-state index contributed by atoms with van der Waals surface area (Å²) in [5.74, 6) is 0.378. The number of carbonyl (C=O) groups is 1. The van der Waals surface area contributed by atoms with Gasteiger partial charge in [0.05, 0.1) is 31.3 Å². The molecule has 1 aromatic carbocycles. The van der Waals surface area contributed by atoms with Crippen LogP contribution in [0.4, 0.5) is 18.0 Å². The first-order chi connectivity index (χ1) is 15.7. The molecule has 0 aliphatic carbocycles. The Hall–Kier alpha value is -3.34. The highest BCUT2D eigenvalue weighted by atomic mass is 19.4. The summed E-state index contributed by atoms with van der Waals surface area (Å²) in [6.07, 6.45) is -0.345. The summed E-state index contributed by atoms with van der Waals surface area (Å²) in [4.78, 5) is 23.0. The summed E-state index contributed by atoms with van der Waals surface area (Å²) in [5, 5.41) is 2.41. The lowest BCUT2D eigenvalue weighted by Crippen LogP contribution is -2.49. The molecule has 0 aliphatic heterocycles. The second-order valence-corrected chi connectivity index (χ2v) is 7.58. The van der Waals surface area contributed by atoms with Gasteiger partial charge in [0.25, 0.3) is 5.88 Å². The third kappa shape index (κ3) is 5.72. The highest BCUT2D eigenvalue weighted by molar-refractivity contribution is 5.75. The number of imidazole rings is 1. The lowest BCUT2D eigenvalue weighted by Gasteiger charge is -2.31. The standard InChI is InChI=1S/C22H27F3N6O2/c1-4-31(21(32)28-17(12-26)11-22(23,24)25)14(2)15-6-5-7-16(10-15)18-13-30-9-8-27-19(30)20(29-18)33-3/h5-10,13-14,17H,4,11-12,26H2,1-3H3,(H,28,32)/t14-,17?/m1/s1. The number of urea groups is 1.